The first kappa shape index (κ1) is 10.8. The molecule has 0 heterocycles. The van der Waals surface area contributed by atoms with Crippen molar-refractivity contribution in [2.75, 3.05) is 6.61 Å². The first-order chi connectivity index (χ1) is 5.07. The number of rotatable bonds is 4. The average Bonchev–Trinajstić information content (AvgIpc) is 1.87. The summed E-state index contributed by atoms with van der Waals surface area (Å²) in [6.07, 6.45) is -0.474. The van der Waals surface area contributed by atoms with E-state index < -0.39 is 22.4 Å². The summed E-state index contributed by atoms with van der Waals surface area (Å²) in [5.74, 6) is -1.42. The lowest BCUT2D eigenvalue weighted by Crippen LogP contribution is -2.15. The van der Waals surface area contributed by atoms with Gasteiger partial charge in [0.25, 0.3) is 0 Å². The van der Waals surface area contributed by atoms with Crippen molar-refractivity contribution >= 4 is 34.3 Å². The minimum Gasteiger partial charge on any atom is -0.466 e. The largest absolute Gasteiger partial charge is 0.466 e. The van der Waals surface area contributed by atoms with Crippen LogP contribution in [0, 0.1) is 0 Å². The molecule has 0 radical (unpaired) electrons. The molecule has 0 aromatic rings. The molecule has 5 heteroatoms. The highest BCUT2D eigenvalue weighted by atomic mass is 127. The summed E-state index contributed by atoms with van der Waals surface area (Å²) in [6.45, 7) is 1.84. The minimum absolute atomic E-state index is 0.213. The van der Waals surface area contributed by atoms with Crippen molar-refractivity contribution in [2.24, 2.45) is 0 Å². The van der Waals surface area contributed by atoms with Crippen molar-refractivity contribution in [1.82, 2.24) is 0 Å². The van der Waals surface area contributed by atoms with Gasteiger partial charge in [0.15, 0.2) is 5.78 Å². The normalized spacial score (nSPS) is 12.3. The van der Waals surface area contributed by atoms with Gasteiger partial charge in [-0.1, -0.05) is 0 Å². The molecule has 1 unspecified atom stereocenters. The van der Waals surface area contributed by atoms with Gasteiger partial charge in [-0.25, -0.2) is 4.39 Å². The van der Waals surface area contributed by atoms with Crippen LogP contribution in [-0.4, -0.2) is 22.5 Å². The lowest BCUT2D eigenvalue weighted by molar-refractivity contribution is -0.145. The molecule has 0 bridgehead atoms. The van der Waals surface area contributed by atoms with Crippen LogP contribution in [0.25, 0.3) is 0 Å². The van der Waals surface area contributed by atoms with E-state index in [2.05, 4.69) is 4.74 Å². The SMILES string of the molecule is CCOC(=O)CC(=O)C(F)I. The Labute approximate surface area is 77.4 Å². The van der Waals surface area contributed by atoms with Gasteiger partial charge in [0.2, 0.25) is 4.18 Å². The Morgan fingerprint density at radius 3 is 2.55 bits per heavy atom. The Bertz CT molecular complexity index is 158. The smallest absolute Gasteiger partial charge is 0.313 e. The van der Waals surface area contributed by atoms with Crippen molar-refractivity contribution < 1.29 is 18.7 Å². The van der Waals surface area contributed by atoms with Crippen LogP contribution in [0.4, 0.5) is 4.39 Å². The number of carbonyl (C=O) groups excluding carboxylic acids is 2. The van der Waals surface area contributed by atoms with E-state index in [4.69, 9.17) is 0 Å². The summed E-state index contributed by atoms with van der Waals surface area (Å²) in [7, 11) is 0. The fraction of sp³-hybridized carbons (Fsp3) is 0.667. The Hall–Kier alpha value is -0.200. The van der Waals surface area contributed by atoms with Gasteiger partial charge >= 0.3 is 5.97 Å². The molecule has 0 N–H and O–H groups in total. The number of esters is 1. The fourth-order valence-electron chi connectivity index (χ4n) is 0.431. The summed E-state index contributed by atoms with van der Waals surface area (Å²) in [5.41, 5.74) is 0. The van der Waals surface area contributed by atoms with Gasteiger partial charge < -0.3 is 4.74 Å². The number of halogens is 2. The number of alkyl halides is 2. The maximum Gasteiger partial charge on any atom is 0.313 e. The lowest BCUT2D eigenvalue weighted by atomic mass is 10.3. The Balaban J connectivity index is 3.67. The minimum atomic E-state index is -1.61. The maximum atomic E-state index is 12.1. The molecule has 0 saturated carbocycles. The van der Waals surface area contributed by atoms with Gasteiger partial charge in [0.05, 0.1) is 6.61 Å². The molecule has 0 rings (SSSR count). The van der Waals surface area contributed by atoms with Crippen molar-refractivity contribution in [1.29, 1.82) is 0 Å². The van der Waals surface area contributed by atoms with Gasteiger partial charge in [-0.3, -0.25) is 9.59 Å². The third kappa shape index (κ3) is 5.11. The van der Waals surface area contributed by atoms with Crippen LogP contribution in [0.3, 0.4) is 0 Å². The molecule has 0 aliphatic rings. The summed E-state index contributed by atoms with van der Waals surface area (Å²) >= 11 is 1.31. The highest BCUT2D eigenvalue weighted by Gasteiger charge is 2.17. The predicted octanol–water partition coefficient (Wildman–Crippen LogP) is 1.24. The van der Waals surface area contributed by atoms with E-state index >= 15 is 0 Å². The molecule has 0 aliphatic heterocycles. The Morgan fingerprint density at radius 2 is 2.18 bits per heavy atom. The van der Waals surface area contributed by atoms with Gasteiger partial charge in [0, 0.05) is 0 Å². The van der Waals surface area contributed by atoms with Crippen LogP contribution in [0.15, 0.2) is 0 Å². The highest BCUT2D eigenvalue weighted by molar-refractivity contribution is 14.1. The average molecular weight is 274 g/mol. The molecule has 0 aromatic carbocycles. The fourth-order valence-corrected chi connectivity index (χ4v) is 0.652. The second-order valence-corrected chi connectivity index (χ2v) is 2.84. The molecular weight excluding hydrogens is 266 g/mol. The molecule has 11 heavy (non-hydrogen) atoms. The zero-order valence-corrected chi connectivity index (χ0v) is 8.13. The van der Waals surface area contributed by atoms with Crippen LogP contribution in [-0.2, 0) is 14.3 Å². The van der Waals surface area contributed by atoms with Crippen LogP contribution in [0.5, 0.6) is 0 Å². The first-order valence-corrected chi connectivity index (χ1v) is 4.29. The summed E-state index contributed by atoms with van der Waals surface area (Å²) in [6, 6.07) is 0. The van der Waals surface area contributed by atoms with Gasteiger partial charge in [-0.15, -0.1) is 0 Å². The summed E-state index contributed by atoms with van der Waals surface area (Å²) < 4.78 is 14.9. The van der Waals surface area contributed by atoms with Crippen LogP contribution in [0.2, 0.25) is 0 Å². The second-order valence-electron chi connectivity index (χ2n) is 1.75. The number of ether oxygens (including phenoxy) is 1. The Kier molecular flexibility index (Phi) is 5.35. The number of hydrogen-bond donors (Lipinski definition) is 0. The zero-order valence-electron chi connectivity index (χ0n) is 5.97. The highest BCUT2D eigenvalue weighted by Crippen LogP contribution is 2.05. The molecule has 1 atom stereocenters. The molecule has 0 fully saturated rings. The quantitative estimate of drug-likeness (QED) is 0.335. The van der Waals surface area contributed by atoms with Crippen molar-refractivity contribution in [3.63, 3.8) is 0 Å². The number of Topliss-reactive ketones (excluding diaryl/α,β-unsaturated/α-hetero) is 1. The number of ketones is 1. The van der Waals surface area contributed by atoms with Gasteiger partial charge in [-0.05, 0) is 29.5 Å². The van der Waals surface area contributed by atoms with E-state index in [-0.39, 0.29) is 6.61 Å². The van der Waals surface area contributed by atoms with Crippen molar-refractivity contribution in [3.05, 3.63) is 0 Å². The third-order valence-electron chi connectivity index (χ3n) is 0.867. The molecule has 0 spiro atoms. The van der Waals surface area contributed by atoms with Crippen LogP contribution >= 0.6 is 22.6 Å². The molecule has 0 aromatic heterocycles. The van der Waals surface area contributed by atoms with E-state index in [1.54, 1.807) is 6.92 Å². The third-order valence-corrected chi connectivity index (χ3v) is 1.56. The molecule has 3 nitrogen and oxygen atoms in total. The summed E-state index contributed by atoms with van der Waals surface area (Å²) in [5, 5.41) is 0. The first-order valence-electron chi connectivity index (χ1n) is 3.04. The molecular formula is C6H8FIO3. The van der Waals surface area contributed by atoms with E-state index in [0.717, 1.165) is 0 Å². The van der Waals surface area contributed by atoms with E-state index in [0.29, 0.717) is 0 Å². The number of hydrogen-bond acceptors (Lipinski definition) is 3. The van der Waals surface area contributed by atoms with E-state index in [1.807, 2.05) is 0 Å². The Morgan fingerprint density at radius 1 is 1.64 bits per heavy atom. The predicted molar refractivity (Wildman–Crippen MR) is 45.2 cm³/mol. The maximum absolute atomic E-state index is 12.1. The van der Waals surface area contributed by atoms with Gasteiger partial charge in [-0.2, -0.15) is 0 Å². The molecule has 64 valence electrons. The topological polar surface area (TPSA) is 43.4 Å². The van der Waals surface area contributed by atoms with E-state index in [9.17, 15) is 14.0 Å². The van der Waals surface area contributed by atoms with Crippen LogP contribution < -0.4 is 0 Å². The monoisotopic (exact) mass is 274 g/mol. The zero-order chi connectivity index (χ0) is 8.85. The standard InChI is InChI=1S/C6H8FIO3/c1-2-11-5(10)3-4(9)6(7)8/h6H,2-3H2,1H3. The van der Waals surface area contributed by atoms with Crippen molar-refractivity contribution in [2.45, 2.75) is 17.5 Å². The lowest BCUT2D eigenvalue weighted by Gasteiger charge is -1.99. The van der Waals surface area contributed by atoms with Crippen LogP contribution in [0.1, 0.15) is 13.3 Å². The van der Waals surface area contributed by atoms with E-state index in [1.165, 1.54) is 22.6 Å². The number of carbonyl (C=O) groups is 2. The van der Waals surface area contributed by atoms with Crippen molar-refractivity contribution in [3.8, 4) is 0 Å². The second kappa shape index (κ2) is 5.45. The molecule has 0 aliphatic carbocycles. The summed E-state index contributed by atoms with van der Waals surface area (Å²) in [4.78, 5) is 21.1. The molecule has 0 saturated heterocycles. The van der Waals surface area contributed by atoms with Gasteiger partial charge in [0.1, 0.15) is 6.42 Å². The molecule has 0 amide bonds.